The van der Waals surface area contributed by atoms with E-state index in [0.29, 0.717) is 30.2 Å². The molecule has 188 valence electrons. The fourth-order valence-corrected chi connectivity index (χ4v) is 4.33. The normalized spacial score (nSPS) is 16.1. The third-order valence-electron chi connectivity index (χ3n) is 5.30. The lowest BCUT2D eigenvalue weighted by Crippen LogP contribution is -2.50. The monoisotopic (exact) mass is 545 g/mol. The van der Waals surface area contributed by atoms with Crippen molar-refractivity contribution in [2.45, 2.75) is 71.8 Å². The molecule has 35 heavy (non-hydrogen) atoms. The Morgan fingerprint density at radius 1 is 1.37 bits per heavy atom. The number of amides is 1. The van der Waals surface area contributed by atoms with Crippen LogP contribution < -0.4 is 20.5 Å². The molecule has 2 aromatic rings. The summed E-state index contributed by atoms with van der Waals surface area (Å²) in [4.78, 5) is 32.3. The topological polar surface area (TPSA) is 109 Å². The molecular weight excluding hydrogens is 514 g/mol. The number of hydrogen-bond acceptors (Lipinski definition) is 7. The summed E-state index contributed by atoms with van der Waals surface area (Å²) in [6.45, 7) is 10.4. The van der Waals surface area contributed by atoms with Crippen LogP contribution in [0, 0.1) is 11.3 Å². The number of carbonyl (C=O) groups is 1. The number of anilines is 1. The maximum atomic E-state index is 13.5. The quantitative estimate of drug-likeness (QED) is 0.578. The molecule has 1 saturated heterocycles. The van der Waals surface area contributed by atoms with Gasteiger partial charge in [0.25, 0.3) is 5.56 Å². The molecule has 2 heterocycles. The van der Waals surface area contributed by atoms with E-state index in [4.69, 9.17) is 9.47 Å². The van der Waals surface area contributed by atoms with Crippen molar-refractivity contribution in [1.82, 2.24) is 14.9 Å². The molecule has 1 aliphatic heterocycles. The maximum Gasteiger partial charge on any atom is 0.407 e. The summed E-state index contributed by atoms with van der Waals surface area (Å²) in [6, 6.07) is 7.37. The van der Waals surface area contributed by atoms with Gasteiger partial charge in [0.1, 0.15) is 5.60 Å². The van der Waals surface area contributed by atoms with E-state index in [0.717, 1.165) is 17.3 Å². The van der Waals surface area contributed by atoms with Gasteiger partial charge in [0.05, 0.1) is 30.5 Å². The predicted octanol–water partition coefficient (Wildman–Crippen LogP) is 4.21. The van der Waals surface area contributed by atoms with Crippen molar-refractivity contribution in [2.75, 3.05) is 18.0 Å². The first-order valence-corrected chi connectivity index (χ1v) is 12.5. The summed E-state index contributed by atoms with van der Waals surface area (Å²) in [6.07, 6.45) is 2.38. The number of nitrogens with zero attached hydrogens (tertiary/aromatic N) is 4. The molecule has 0 spiro atoms. The molecule has 1 fully saturated rings. The Hall–Kier alpha value is -3.06. The second-order valence-corrected chi connectivity index (χ2v) is 10.7. The van der Waals surface area contributed by atoms with Crippen molar-refractivity contribution in [2.24, 2.45) is 0 Å². The Bertz CT molecular complexity index is 1170. The highest BCUT2D eigenvalue weighted by Crippen LogP contribution is 2.23. The minimum absolute atomic E-state index is 0.151. The van der Waals surface area contributed by atoms with Crippen LogP contribution in [-0.4, -0.2) is 46.5 Å². The summed E-state index contributed by atoms with van der Waals surface area (Å²) in [5.41, 5.74) is 0.253. The highest BCUT2D eigenvalue weighted by Gasteiger charge is 2.27. The molecule has 0 unspecified atom stereocenters. The first-order chi connectivity index (χ1) is 16.5. The highest BCUT2D eigenvalue weighted by molar-refractivity contribution is 9.10. The van der Waals surface area contributed by atoms with Gasteiger partial charge in [-0.25, -0.2) is 9.78 Å². The van der Waals surface area contributed by atoms with Crippen LogP contribution in [0.1, 0.15) is 58.6 Å². The summed E-state index contributed by atoms with van der Waals surface area (Å²) in [7, 11) is 0. The van der Waals surface area contributed by atoms with Crippen molar-refractivity contribution in [3.8, 4) is 11.8 Å². The van der Waals surface area contributed by atoms with Crippen molar-refractivity contribution in [3.63, 3.8) is 0 Å². The summed E-state index contributed by atoms with van der Waals surface area (Å²) in [5, 5.41) is 12.5. The molecule has 9 nitrogen and oxygen atoms in total. The Balaban J connectivity index is 1.95. The van der Waals surface area contributed by atoms with Gasteiger partial charge >= 0.3 is 6.09 Å². The average Bonchev–Trinajstić information content (AvgIpc) is 2.75. The molecule has 0 radical (unpaired) electrons. The van der Waals surface area contributed by atoms with Crippen molar-refractivity contribution >= 4 is 28.0 Å². The number of nitrogens with one attached hydrogen (secondary N) is 1. The largest absolute Gasteiger partial charge is 0.484 e. The number of piperidine rings is 1. The van der Waals surface area contributed by atoms with E-state index < -0.39 is 11.7 Å². The molecule has 1 N–H and O–H groups in total. The lowest BCUT2D eigenvalue weighted by atomic mass is 10.1. The number of hydrogen-bond donors (Lipinski definition) is 1. The number of ether oxygens (including phenoxy) is 2. The van der Waals surface area contributed by atoms with E-state index in [2.05, 4.69) is 32.3 Å². The lowest BCUT2D eigenvalue weighted by Gasteiger charge is -2.35. The van der Waals surface area contributed by atoms with E-state index >= 15 is 0 Å². The molecule has 0 aliphatic carbocycles. The van der Waals surface area contributed by atoms with Gasteiger partial charge in [0, 0.05) is 23.6 Å². The van der Waals surface area contributed by atoms with Crippen molar-refractivity contribution in [1.29, 1.82) is 5.26 Å². The fourth-order valence-electron chi connectivity index (χ4n) is 3.92. The highest BCUT2D eigenvalue weighted by atomic mass is 79.9. The molecule has 1 atom stereocenters. The third-order valence-corrected chi connectivity index (χ3v) is 5.79. The first-order valence-electron chi connectivity index (χ1n) is 11.7. The molecule has 0 saturated carbocycles. The second kappa shape index (κ2) is 11.1. The van der Waals surface area contributed by atoms with Gasteiger partial charge in [-0.1, -0.05) is 15.9 Å². The Labute approximate surface area is 214 Å². The minimum Gasteiger partial charge on any atom is -0.484 e. The molecule has 1 aliphatic rings. The van der Waals surface area contributed by atoms with Crippen LogP contribution >= 0.6 is 15.9 Å². The smallest absolute Gasteiger partial charge is 0.407 e. The molecule has 3 rings (SSSR count). The molecule has 10 heteroatoms. The Kier molecular flexibility index (Phi) is 8.43. The number of benzene rings is 1. The van der Waals surface area contributed by atoms with Crippen molar-refractivity contribution < 1.29 is 14.3 Å². The fraction of sp³-hybridized carbons (Fsp3) is 0.520. The number of alkyl carbamates (subject to hydrolysis) is 1. The zero-order valence-corrected chi connectivity index (χ0v) is 22.4. The van der Waals surface area contributed by atoms with Gasteiger partial charge in [0.15, 0.2) is 0 Å². The van der Waals surface area contributed by atoms with Gasteiger partial charge in [-0.2, -0.15) is 5.26 Å². The van der Waals surface area contributed by atoms with E-state index in [9.17, 15) is 14.9 Å². The minimum atomic E-state index is -0.588. The predicted molar refractivity (Wildman–Crippen MR) is 137 cm³/mol. The van der Waals surface area contributed by atoms with Gasteiger partial charge in [-0.15, -0.1) is 0 Å². The van der Waals surface area contributed by atoms with Gasteiger partial charge < -0.3 is 19.7 Å². The zero-order chi connectivity index (χ0) is 25.8. The lowest BCUT2D eigenvalue weighted by molar-refractivity contribution is 0.0499. The molecule has 0 bridgehead atoms. The summed E-state index contributed by atoms with van der Waals surface area (Å²) >= 11 is 3.45. The summed E-state index contributed by atoms with van der Waals surface area (Å²) in [5.74, 6) is 0.614. The summed E-state index contributed by atoms with van der Waals surface area (Å²) < 4.78 is 13.5. The van der Waals surface area contributed by atoms with Gasteiger partial charge in [-0.05, 0) is 71.2 Å². The molecule has 1 aromatic heterocycles. The van der Waals surface area contributed by atoms with Gasteiger partial charge in [0.2, 0.25) is 11.7 Å². The standard InChI is InChI=1S/C25H32BrN5O4/c1-16(2)34-21-13-28-23(30-10-6-7-20(15-30)29-24(33)35-25(3,4)5)31(22(21)32)14-18-11-19(26)9-8-17(18)12-27/h8-9,11,13,16,20H,6-7,10,14-15H2,1-5H3,(H,29,33)/t20-/m1/s1. The van der Waals surface area contributed by atoms with Crippen molar-refractivity contribution in [3.05, 3.63) is 50.3 Å². The number of carbonyl (C=O) groups excluding carboxylic acids is 1. The van der Waals surface area contributed by atoms with Crippen LogP contribution in [0.25, 0.3) is 0 Å². The van der Waals surface area contributed by atoms with Crippen LogP contribution in [0.3, 0.4) is 0 Å². The number of rotatable bonds is 6. The average molecular weight is 546 g/mol. The third kappa shape index (κ3) is 7.21. The Morgan fingerprint density at radius 3 is 2.77 bits per heavy atom. The van der Waals surface area contributed by atoms with E-state index in [1.54, 1.807) is 12.1 Å². The number of aromatic nitrogens is 2. The SMILES string of the molecule is CC(C)Oc1cnc(N2CCC[C@@H](NC(=O)OC(C)(C)C)C2)n(Cc2cc(Br)ccc2C#N)c1=O. The zero-order valence-electron chi connectivity index (χ0n) is 20.8. The number of halogens is 1. The van der Waals surface area contributed by atoms with Crippen LogP contribution in [-0.2, 0) is 11.3 Å². The van der Waals surface area contributed by atoms with Crippen LogP contribution in [0.4, 0.5) is 10.7 Å². The van der Waals surface area contributed by atoms with Crippen LogP contribution in [0.2, 0.25) is 0 Å². The first kappa shape index (κ1) is 26.5. The molecule has 1 amide bonds. The molecular formula is C25H32BrN5O4. The number of nitriles is 1. The van der Waals surface area contributed by atoms with Gasteiger partial charge in [-0.3, -0.25) is 9.36 Å². The maximum absolute atomic E-state index is 13.5. The molecule has 1 aromatic carbocycles. The van der Waals surface area contributed by atoms with Crippen LogP contribution in [0.5, 0.6) is 5.75 Å². The van der Waals surface area contributed by atoms with Crippen LogP contribution in [0.15, 0.2) is 33.7 Å². The second-order valence-electron chi connectivity index (χ2n) is 9.83. The van der Waals surface area contributed by atoms with E-state index in [1.165, 1.54) is 10.8 Å². The van der Waals surface area contributed by atoms with E-state index in [-0.39, 0.29) is 30.0 Å². The Morgan fingerprint density at radius 2 is 2.11 bits per heavy atom. The van der Waals surface area contributed by atoms with E-state index in [1.807, 2.05) is 45.6 Å².